The molecule has 1 aromatic rings. The van der Waals surface area contributed by atoms with Crippen molar-refractivity contribution < 1.29 is 0 Å². The Morgan fingerprint density at radius 2 is 2.06 bits per heavy atom. The molecule has 1 aliphatic carbocycles. The van der Waals surface area contributed by atoms with Gasteiger partial charge < -0.3 is 11.1 Å². The molecule has 1 fully saturated rings. The van der Waals surface area contributed by atoms with Gasteiger partial charge in [-0.2, -0.15) is 11.8 Å². The van der Waals surface area contributed by atoms with E-state index in [1.807, 2.05) is 17.8 Å². The molecule has 100 valence electrons. The van der Waals surface area contributed by atoms with Crippen molar-refractivity contribution in [2.75, 3.05) is 16.8 Å². The van der Waals surface area contributed by atoms with Crippen molar-refractivity contribution in [3.8, 4) is 0 Å². The van der Waals surface area contributed by atoms with Gasteiger partial charge in [0.15, 0.2) is 0 Å². The molecule has 0 bridgehead atoms. The lowest BCUT2D eigenvalue weighted by molar-refractivity contribution is 0.757. The largest absolute Gasteiger partial charge is 0.397 e. The number of nitrogen functional groups attached to an aromatic ring is 1. The molecule has 0 aromatic heterocycles. The maximum atomic E-state index is 6.02. The van der Waals surface area contributed by atoms with Crippen LogP contribution in [-0.4, -0.2) is 17.0 Å². The average molecular weight is 305 g/mol. The third-order valence-corrected chi connectivity index (χ3v) is 5.19. The van der Waals surface area contributed by atoms with Gasteiger partial charge >= 0.3 is 0 Å². The van der Waals surface area contributed by atoms with E-state index in [1.165, 1.54) is 25.0 Å². The van der Waals surface area contributed by atoms with E-state index in [9.17, 15) is 0 Å². The third kappa shape index (κ3) is 3.40. The van der Waals surface area contributed by atoms with Gasteiger partial charge in [-0.25, -0.2) is 0 Å². The predicted molar refractivity (Wildman–Crippen MR) is 84.1 cm³/mol. The summed E-state index contributed by atoms with van der Waals surface area (Å²) in [5, 5.41) is 5.31. The fourth-order valence-corrected chi connectivity index (χ4v) is 3.84. The highest BCUT2D eigenvalue weighted by Crippen LogP contribution is 2.35. The number of hydrogen-bond acceptors (Lipinski definition) is 3. The second-order valence-electron chi connectivity index (χ2n) is 4.59. The van der Waals surface area contributed by atoms with Crippen LogP contribution in [-0.2, 0) is 0 Å². The Bertz CT molecular complexity index is 426. The van der Waals surface area contributed by atoms with Gasteiger partial charge in [-0.1, -0.05) is 30.1 Å². The van der Waals surface area contributed by atoms with Gasteiger partial charge in [0.2, 0.25) is 0 Å². The smallest absolute Gasteiger partial charge is 0.0614 e. The zero-order valence-corrected chi connectivity index (χ0v) is 12.7. The first-order valence-corrected chi connectivity index (χ1v) is 8.03. The van der Waals surface area contributed by atoms with Gasteiger partial charge in [-0.15, -0.1) is 0 Å². The van der Waals surface area contributed by atoms with Crippen LogP contribution in [0.4, 0.5) is 11.4 Å². The van der Waals surface area contributed by atoms with E-state index in [0.29, 0.717) is 21.8 Å². The molecule has 1 saturated carbocycles. The summed E-state index contributed by atoms with van der Waals surface area (Å²) in [6.07, 6.45) is 3.66. The summed E-state index contributed by atoms with van der Waals surface area (Å²) in [5.74, 6) is 1.19. The molecule has 2 atom stereocenters. The van der Waals surface area contributed by atoms with E-state index in [2.05, 4.69) is 12.2 Å². The minimum absolute atomic E-state index is 0.494. The number of halogens is 2. The summed E-state index contributed by atoms with van der Waals surface area (Å²) in [6, 6.07) is 4.02. The SMILES string of the molecule is CCSC1CCC(Nc2cc(Cl)c(Cl)cc2N)C1. The van der Waals surface area contributed by atoms with Crippen LogP contribution in [0.3, 0.4) is 0 Å². The second-order valence-corrected chi connectivity index (χ2v) is 6.98. The van der Waals surface area contributed by atoms with E-state index in [1.54, 1.807) is 6.07 Å². The molecular formula is C13H18Cl2N2S. The minimum atomic E-state index is 0.494. The molecule has 3 N–H and O–H groups in total. The summed E-state index contributed by atoms with van der Waals surface area (Å²) < 4.78 is 0. The van der Waals surface area contributed by atoms with Crippen molar-refractivity contribution in [1.29, 1.82) is 0 Å². The fourth-order valence-electron chi connectivity index (χ4n) is 2.37. The topological polar surface area (TPSA) is 38.0 Å². The van der Waals surface area contributed by atoms with E-state index in [4.69, 9.17) is 28.9 Å². The van der Waals surface area contributed by atoms with Crippen LogP contribution < -0.4 is 11.1 Å². The number of rotatable bonds is 4. The zero-order chi connectivity index (χ0) is 13.1. The Morgan fingerprint density at radius 3 is 2.78 bits per heavy atom. The van der Waals surface area contributed by atoms with E-state index in [0.717, 1.165) is 10.9 Å². The lowest BCUT2D eigenvalue weighted by atomic mass is 10.2. The number of hydrogen-bond donors (Lipinski definition) is 2. The molecule has 1 aliphatic rings. The lowest BCUT2D eigenvalue weighted by Crippen LogP contribution is -2.17. The van der Waals surface area contributed by atoms with E-state index < -0.39 is 0 Å². The third-order valence-electron chi connectivity index (χ3n) is 3.24. The van der Waals surface area contributed by atoms with Crippen molar-refractivity contribution in [2.24, 2.45) is 0 Å². The number of nitrogens with two attached hydrogens (primary N) is 1. The molecule has 18 heavy (non-hydrogen) atoms. The highest BCUT2D eigenvalue weighted by molar-refractivity contribution is 7.99. The second kappa shape index (κ2) is 6.27. The maximum Gasteiger partial charge on any atom is 0.0614 e. The maximum absolute atomic E-state index is 6.02. The molecule has 0 radical (unpaired) electrons. The van der Waals surface area contributed by atoms with Gasteiger partial charge in [0.05, 0.1) is 21.4 Å². The fraction of sp³-hybridized carbons (Fsp3) is 0.538. The van der Waals surface area contributed by atoms with Gasteiger partial charge in [-0.05, 0) is 37.1 Å². The first-order chi connectivity index (χ1) is 8.60. The molecule has 0 heterocycles. The summed E-state index contributed by atoms with van der Waals surface area (Å²) in [7, 11) is 0. The highest BCUT2D eigenvalue weighted by atomic mass is 35.5. The number of benzene rings is 1. The van der Waals surface area contributed by atoms with Crippen LogP contribution in [0.25, 0.3) is 0 Å². The molecule has 2 unspecified atom stereocenters. The first-order valence-electron chi connectivity index (χ1n) is 6.22. The van der Waals surface area contributed by atoms with Crippen molar-refractivity contribution >= 4 is 46.3 Å². The molecular weight excluding hydrogens is 287 g/mol. The molecule has 2 nitrogen and oxygen atoms in total. The average Bonchev–Trinajstić information content (AvgIpc) is 2.74. The number of thioether (sulfide) groups is 1. The minimum Gasteiger partial charge on any atom is -0.397 e. The summed E-state index contributed by atoms with van der Waals surface area (Å²) in [5.41, 5.74) is 7.51. The van der Waals surface area contributed by atoms with Crippen molar-refractivity contribution in [1.82, 2.24) is 0 Å². The molecule has 0 aliphatic heterocycles. The number of anilines is 2. The Labute approximate surface area is 123 Å². The van der Waals surface area contributed by atoms with Crippen LogP contribution in [0, 0.1) is 0 Å². The highest BCUT2D eigenvalue weighted by Gasteiger charge is 2.24. The summed E-state index contributed by atoms with van der Waals surface area (Å²) in [4.78, 5) is 0. The Hall–Kier alpha value is -0.250. The van der Waals surface area contributed by atoms with Crippen molar-refractivity contribution in [3.63, 3.8) is 0 Å². The molecule has 0 spiro atoms. The standard InChI is InChI=1S/C13H18Cl2N2S/c1-2-18-9-4-3-8(5-9)17-13-7-11(15)10(14)6-12(13)16/h6-9,17H,2-5,16H2,1H3. The Kier molecular flexibility index (Phi) is 4.93. The molecule has 1 aromatic carbocycles. The Balaban J connectivity index is 2.00. The monoisotopic (exact) mass is 304 g/mol. The van der Waals surface area contributed by atoms with Gasteiger partial charge in [0, 0.05) is 11.3 Å². The van der Waals surface area contributed by atoms with Crippen LogP contribution in [0.15, 0.2) is 12.1 Å². The Morgan fingerprint density at radius 1 is 1.33 bits per heavy atom. The molecule has 0 saturated heterocycles. The van der Waals surface area contributed by atoms with Crippen molar-refractivity contribution in [2.45, 2.75) is 37.5 Å². The van der Waals surface area contributed by atoms with Crippen LogP contribution in [0.1, 0.15) is 26.2 Å². The zero-order valence-electron chi connectivity index (χ0n) is 10.4. The lowest BCUT2D eigenvalue weighted by Gasteiger charge is -2.17. The normalized spacial score (nSPS) is 23.3. The van der Waals surface area contributed by atoms with Crippen LogP contribution in [0.2, 0.25) is 10.0 Å². The number of nitrogens with one attached hydrogen (secondary N) is 1. The van der Waals surface area contributed by atoms with Gasteiger partial charge in [-0.3, -0.25) is 0 Å². The van der Waals surface area contributed by atoms with E-state index >= 15 is 0 Å². The summed E-state index contributed by atoms with van der Waals surface area (Å²) in [6.45, 7) is 2.21. The molecule has 5 heteroatoms. The van der Waals surface area contributed by atoms with Gasteiger partial charge in [0.25, 0.3) is 0 Å². The van der Waals surface area contributed by atoms with Gasteiger partial charge in [0.1, 0.15) is 0 Å². The van der Waals surface area contributed by atoms with Crippen molar-refractivity contribution in [3.05, 3.63) is 22.2 Å². The summed E-state index contributed by atoms with van der Waals surface area (Å²) >= 11 is 14.0. The predicted octanol–water partition coefficient (Wildman–Crippen LogP) is 4.66. The molecule has 2 rings (SSSR count). The van der Waals surface area contributed by atoms with E-state index in [-0.39, 0.29) is 0 Å². The quantitative estimate of drug-likeness (QED) is 0.794. The molecule has 0 amide bonds. The first kappa shape index (κ1) is 14.2. The van der Waals surface area contributed by atoms with Crippen LogP contribution in [0.5, 0.6) is 0 Å². The van der Waals surface area contributed by atoms with Crippen LogP contribution >= 0.6 is 35.0 Å².